The molecule has 5 N–H and O–H groups in total. The Labute approximate surface area is 226 Å². The van der Waals surface area contributed by atoms with Gasteiger partial charge in [0.25, 0.3) is 11.7 Å². The molecule has 0 bridgehead atoms. The molecule has 0 spiro atoms. The van der Waals surface area contributed by atoms with Crippen LogP contribution in [0.2, 0.25) is 0 Å². The molecular weight excluding hydrogens is 508 g/mol. The molecule has 6 atom stereocenters. The highest BCUT2D eigenvalue weighted by Gasteiger charge is 2.56. The third-order valence-corrected chi connectivity index (χ3v) is 6.33. The van der Waals surface area contributed by atoms with Crippen LogP contribution in [0.1, 0.15) is 23.7 Å². The zero-order valence-corrected chi connectivity index (χ0v) is 21.8. The molecule has 1 fully saturated rings. The summed E-state index contributed by atoms with van der Waals surface area (Å²) in [5.41, 5.74) is 2.25. The van der Waals surface area contributed by atoms with Gasteiger partial charge in [-0.1, -0.05) is 48.5 Å². The maximum Gasteiger partial charge on any atom is 0.366 e. The maximum absolute atomic E-state index is 12.7. The lowest BCUT2D eigenvalue weighted by atomic mass is 9.88. The van der Waals surface area contributed by atoms with E-state index in [0.29, 0.717) is 5.56 Å². The number of methoxy groups -OCH3 is 1. The molecule has 0 radical (unpaired) electrons. The Morgan fingerprint density at radius 1 is 1.13 bits per heavy atom. The number of benzene rings is 2. The van der Waals surface area contributed by atoms with E-state index < -0.39 is 67.0 Å². The van der Waals surface area contributed by atoms with E-state index >= 15 is 0 Å². The summed E-state index contributed by atoms with van der Waals surface area (Å²) in [6.45, 7) is 4.17. The van der Waals surface area contributed by atoms with Crippen LogP contribution in [0.3, 0.4) is 0 Å². The van der Waals surface area contributed by atoms with Crippen molar-refractivity contribution < 1.29 is 43.9 Å². The molecular formula is C28H34N2O9. The number of ether oxygens (including phenoxy) is 3. The van der Waals surface area contributed by atoms with Crippen LogP contribution in [-0.2, 0) is 23.8 Å². The van der Waals surface area contributed by atoms with Crippen molar-refractivity contribution in [1.82, 2.24) is 10.6 Å². The van der Waals surface area contributed by atoms with E-state index in [1.54, 1.807) is 24.3 Å². The van der Waals surface area contributed by atoms with Gasteiger partial charge in [-0.2, -0.15) is 0 Å². The van der Waals surface area contributed by atoms with Gasteiger partial charge in [-0.05, 0) is 23.3 Å². The fourth-order valence-electron chi connectivity index (χ4n) is 4.37. The highest BCUT2D eigenvalue weighted by Crippen LogP contribution is 2.34. The number of hydrogen-bond donors (Lipinski definition) is 5. The molecule has 3 rings (SSSR count). The largest absolute Gasteiger partial charge is 0.465 e. The summed E-state index contributed by atoms with van der Waals surface area (Å²) in [5, 5.41) is 37.5. The van der Waals surface area contributed by atoms with E-state index in [1.165, 1.54) is 13.0 Å². The van der Waals surface area contributed by atoms with Crippen molar-refractivity contribution in [3.05, 3.63) is 72.8 Å². The highest BCUT2D eigenvalue weighted by atomic mass is 16.7. The number of carbonyl (C=O) groups is 3. The Morgan fingerprint density at radius 2 is 1.77 bits per heavy atom. The topological polar surface area (TPSA) is 164 Å². The summed E-state index contributed by atoms with van der Waals surface area (Å²) in [5.74, 6) is -4.16. The quantitative estimate of drug-likeness (QED) is 0.201. The molecule has 6 unspecified atom stereocenters. The van der Waals surface area contributed by atoms with Gasteiger partial charge in [0.05, 0.1) is 32.0 Å². The van der Waals surface area contributed by atoms with Gasteiger partial charge in [0.2, 0.25) is 5.91 Å². The average Bonchev–Trinajstić information content (AvgIpc) is 2.95. The van der Waals surface area contributed by atoms with Crippen LogP contribution in [0.15, 0.2) is 67.3 Å². The lowest BCUT2D eigenvalue weighted by Gasteiger charge is -2.46. The summed E-state index contributed by atoms with van der Waals surface area (Å²) in [6, 6.07) is 15.3. The Balaban J connectivity index is 1.73. The number of esters is 1. The summed E-state index contributed by atoms with van der Waals surface area (Å²) in [7, 11) is 1.10. The number of rotatable bonds is 11. The summed E-state index contributed by atoms with van der Waals surface area (Å²) < 4.78 is 16.1. The number of nitrogens with one attached hydrogen (secondary N) is 2. The molecule has 11 nitrogen and oxygen atoms in total. The second-order valence-electron chi connectivity index (χ2n) is 9.14. The van der Waals surface area contributed by atoms with E-state index in [0.717, 1.165) is 18.2 Å². The molecule has 2 amide bonds. The van der Waals surface area contributed by atoms with E-state index in [4.69, 9.17) is 14.2 Å². The Bertz CT molecular complexity index is 1140. The van der Waals surface area contributed by atoms with E-state index in [-0.39, 0.29) is 6.61 Å². The third kappa shape index (κ3) is 7.28. The van der Waals surface area contributed by atoms with Crippen LogP contribution in [0.4, 0.5) is 0 Å². The van der Waals surface area contributed by atoms with Gasteiger partial charge in [0.15, 0.2) is 0 Å². The van der Waals surface area contributed by atoms with E-state index in [9.17, 15) is 29.7 Å². The van der Waals surface area contributed by atoms with Crippen LogP contribution in [0.5, 0.6) is 0 Å². The summed E-state index contributed by atoms with van der Waals surface area (Å²) >= 11 is 0. The number of aliphatic hydroxyl groups excluding tert-OH is 3. The maximum atomic E-state index is 12.7. The number of amides is 2. The molecule has 11 heteroatoms. The van der Waals surface area contributed by atoms with Crippen molar-refractivity contribution in [2.45, 2.75) is 49.6 Å². The van der Waals surface area contributed by atoms with Crippen LogP contribution in [0.25, 0.3) is 11.1 Å². The molecule has 0 aliphatic carbocycles. The second kappa shape index (κ2) is 13.5. The van der Waals surface area contributed by atoms with Gasteiger partial charge in [0, 0.05) is 25.5 Å². The van der Waals surface area contributed by atoms with Gasteiger partial charge in [0.1, 0.15) is 12.2 Å². The summed E-state index contributed by atoms with van der Waals surface area (Å²) in [4.78, 5) is 37.1. The van der Waals surface area contributed by atoms with Crippen LogP contribution < -0.4 is 10.6 Å². The number of aliphatic hydroxyl groups is 3. The lowest BCUT2D eigenvalue weighted by molar-refractivity contribution is -0.308. The Hall–Kier alpha value is -3.61. The molecule has 1 saturated heterocycles. The zero-order valence-electron chi connectivity index (χ0n) is 21.8. The predicted molar refractivity (Wildman–Crippen MR) is 140 cm³/mol. The van der Waals surface area contributed by atoms with Crippen molar-refractivity contribution in [3.63, 3.8) is 0 Å². The molecule has 0 saturated carbocycles. The normalized spacial score (nSPS) is 24.2. The SMILES string of the molecule is C=CCOC1(C(=O)OC)CC(O)C(NC(C)=O)C(C(O)C(O)CNC(=O)c2ccc(-c3ccccc3)cc2)O1. The first kappa shape index (κ1) is 29.9. The minimum atomic E-state index is -2.13. The third-order valence-electron chi connectivity index (χ3n) is 6.33. The Morgan fingerprint density at radius 3 is 2.36 bits per heavy atom. The van der Waals surface area contributed by atoms with Crippen molar-refractivity contribution >= 4 is 17.8 Å². The smallest absolute Gasteiger partial charge is 0.366 e. The van der Waals surface area contributed by atoms with Crippen LogP contribution >= 0.6 is 0 Å². The van der Waals surface area contributed by atoms with Crippen molar-refractivity contribution in [1.29, 1.82) is 0 Å². The molecule has 1 aliphatic heterocycles. The average molecular weight is 543 g/mol. The van der Waals surface area contributed by atoms with Gasteiger partial charge in [-0.15, -0.1) is 6.58 Å². The van der Waals surface area contributed by atoms with E-state index in [2.05, 4.69) is 17.2 Å². The molecule has 2 aromatic rings. The molecule has 210 valence electrons. The first-order valence-corrected chi connectivity index (χ1v) is 12.4. The van der Waals surface area contributed by atoms with Gasteiger partial charge < -0.3 is 40.2 Å². The van der Waals surface area contributed by atoms with Gasteiger partial charge >= 0.3 is 5.97 Å². The van der Waals surface area contributed by atoms with Crippen LogP contribution in [0, 0.1) is 0 Å². The molecule has 2 aromatic carbocycles. The van der Waals surface area contributed by atoms with Crippen LogP contribution in [-0.4, -0.2) is 89.6 Å². The van der Waals surface area contributed by atoms with Crippen molar-refractivity contribution in [2.75, 3.05) is 20.3 Å². The van der Waals surface area contributed by atoms with Crippen molar-refractivity contribution in [2.24, 2.45) is 0 Å². The van der Waals surface area contributed by atoms with E-state index in [1.807, 2.05) is 30.3 Å². The molecule has 39 heavy (non-hydrogen) atoms. The minimum absolute atomic E-state index is 0.156. The number of hydrogen-bond acceptors (Lipinski definition) is 9. The molecule has 0 aromatic heterocycles. The van der Waals surface area contributed by atoms with Crippen molar-refractivity contribution in [3.8, 4) is 11.1 Å². The summed E-state index contributed by atoms with van der Waals surface area (Å²) in [6.07, 6.45) is -5.39. The Kier molecular flexibility index (Phi) is 10.3. The zero-order chi connectivity index (χ0) is 28.6. The predicted octanol–water partition coefficient (Wildman–Crippen LogP) is 0.532. The molecule has 1 aliphatic rings. The highest BCUT2D eigenvalue weighted by molar-refractivity contribution is 5.94. The standard InChI is InChI=1S/C28H34N2O9/c1-4-14-38-28(27(36)37-3)15-21(32)23(30-17(2)31)25(39-28)24(34)22(33)16-29-26(35)20-12-10-19(11-13-20)18-8-6-5-7-9-18/h4-13,21-25,32-34H,1,14-16H2,2-3H3,(H,29,35)(H,30,31). The lowest BCUT2D eigenvalue weighted by Crippen LogP contribution is -2.68. The monoisotopic (exact) mass is 542 g/mol. The minimum Gasteiger partial charge on any atom is -0.465 e. The first-order valence-electron chi connectivity index (χ1n) is 12.4. The number of carbonyl (C=O) groups excluding carboxylic acids is 3. The van der Waals surface area contributed by atoms with Gasteiger partial charge in [-0.25, -0.2) is 4.79 Å². The van der Waals surface area contributed by atoms with Gasteiger partial charge in [-0.3, -0.25) is 9.59 Å². The second-order valence-corrected chi connectivity index (χ2v) is 9.14. The molecule has 1 heterocycles. The fourth-order valence-corrected chi connectivity index (χ4v) is 4.37. The fraction of sp³-hybridized carbons (Fsp3) is 0.393. The first-order chi connectivity index (χ1) is 18.6.